The number of aliphatic hydroxyl groups is 1. The molecule has 0 aliphatic heterocycles. The predicted molar refractivity (Wildman–Crippen MR) is 46.3 cm³/mol. The van der Waals surface area contributed by atoms with Gasteiger partial charge in [0.1, 0.15) is 0 Å². The van der Waals surface area contributed by atoms with Crippen LogP contribution in [0.2, 0.25) is 0 Å². The van der Waals surface area contributed by atoms with Crippen molar-refractivity contribution in [2.45, 2.75) is 11.5 Å². The molecule has 0 radical (unpaired) electrons. The van der Waals surface area contributed by atoms with Crippen molar-refractivity contribution in [1.82, 2.24) is 0 Å². The van der Waals surface area contributed by atoms with E-state index >= 15 is 0 Å². The van der Waals surface area contributed by atoms with Gasteiger partial charge in [0.2, 0.25) is 0 Å². The molecule has 1 aromatic rings. The molecule has 0 saturated carbocycles. The molecule has 0 spiro atoms. The smallest absolute Gasteiger partial charge is 0.282 e. The van der Waals surface area contributed by atoms with Crippen LogP contribution in [0.5, 0.6) is 0 Å². The van der Waals surface area contributed by atoms with Gasteiger partial charge in [-0.3, -0.25) is 10.1 Å². The van der Waals surface area contributed by atoms with E-state index in [1.165, 1.54) is 12.1 Å². The standard InChI is InChI=1S/C7H7NO3S/c9-4-5-2-1-3-6(7(5)12)8(10)11/h1-3,9,12H,4H2. The first-order chi connectivity index (χ1) is 5.66. The lowest BCUT2D eigenvalue weighted by Gasteiger charge is -2.00. The molecule has 0 atom stereocenters. The van der Waals surface area contributed by atoms with E-state index in [1.54, 1.807) is 6.07 Å². The van der Waals surface area contributed by atoms with Crippen LogP contribution in [0.1, 0.15) is 5.56 Å². The molecular formula is C7H7NO3S. The summed E-state index contributed by atoms with van der Waals surface area (Å²) in [6.07, 6.45) is 0. The quantitative estimate of drug-likeness (QED) is 0.415. The highest BCUT2D eigenvalue weighted by Crippen LogP contribution is 2.25. The molecule has 0 heterocycles. The molecule has 1 rings (SSSR count). The third-order valence-electron chi connectivity index (χ3n) is 1.47. The maximum Gasteiger partial charge on any atom is 0.282 e. The molecule has 0 unspecified atom stereocenters. The predicted octanol–water partition coefficient (Wildman–Crippen LogP) is 1.38. The van der Waals surface area contributed by atoms with Crippen molar-refractivity contribution in [3.8, 4) is 0 Å². The highest BCUT2D eigenvalue weighted by Gasteiger charge is 2.12. The molecule has 0 bridgehead atoms. The Hall–Kier alpha value is -1.07. The minimum Gasteiger partial charge on any atom is -0.392 e. The van der Waals surface area contributed by atoms with E-state index in [4.69, 9.17) is 5.11 Å². The fraction of sp³-hybridized carbons (Fsp3) is 0.143. The number of hydrogen-bond acceptors (Lipinski definition) is 4. The Labute approximate surface area is 74.4 Å². The van der Waals surface area contributed by atoms with E-state index in [2.05, 4.69) is 12.6 Å². The third kappa shape index (κ3) is 1.57. The minimum atomic E-state index is -0.526. The molecule has 1 N–H and O–H groups in total. The first-order valence-electron chi connectivity index (χ1n) is 3.23. The fourth-order valence-electron chi connectivity index (χ4n) is 0.853. The van der Waals surface area contributed by atoms with Crippen molar-refractivity contribution >= 4 is 18.3 Å². The normalized spacial score (nSPS) is 9.83. The third-order valence-corrected chi connectivity index (χ3v) is 1.98. The minimum absolute atomic E-state index is 0.0788. The molecule has 0 aliphatic rings. The van der Waals surface area contributed by atoms with Crippen LogP contribution in [0.25, 0.3) is 0 Å². The molecule has 0 aliphatic carbocycles. The van der Waals surface area contributed by atoms with Crippen molar-refractivity contribution in [1.29, 1.82) is 0 Å². The van der Waals surface area contributed by atoms with Gasteiger partial charge in [0.05, 0.1) is 16.4 Å². The second-order valence-corrected chi connectivity index (χ2v) is 2.65. The molecule has 5 heteroatoms. The van der Waals surface area contributed by atoms with Gasteiger partial charge in [0.25, 0.3) is 5.69 Å². The summed E-state index contributed by atoms with van der Waals surface area (Å²) in [6.45, 7) is -0.236. The van der Waals surface area contributed by atoms with Gasteiger partial charge in [0, 0.05) is 6.07 Å². The summed E-state index contributed by atoms with van der Waals surface area (Å²) in [7, 11) is 0. The SMILES string of the molecule is O=[N+]([O-])c1cccc(CO)c1S. The number of aliphatic hydroxyl groups excluding tert-OH is 1. The number of nitro benzene ring substituents is 1. The maximum atomic E-state index is 10.4. The Morgan fingerprint density at radius 1 is 1.58 bits per heavy atom. The van der Waals surface area contributed by atoms with Crippen molar-refractivity contribution in [2.24, 2.45) is 0 Å². The molecule has 64 valence electrons. The molecule has 1 aromatic carbocycles. The van der Waals surface area contributed by atoms with E-state index in [0.717, 1.165) is 0 Å². The lowest BCUT2D eigenvalue weighted by molar-refractivity contribution is -0.387. The Morgan fingerprint density at radius 2 is 2.25 bits per heavy atom. The molecule has 0 amide bonds. The summed E-state index contributed by atoms with van der Waals surface area (Å²) >= 11 is 3.93. The summed E-state index contributed by atoms with van der Waals surface area (Å²) in [4.78, 5) is 10.1. The maximum absolute atomic E-state index is 10.4. The monoisotopic (exact) mass is 185 g/mol. The lowest BCUT2D eigenvalue weighted by Crippen LogP contribution is -1.93. The van der Waals surface area contributed by atoms with Crippen molar-refractivity contribution in [3.05, 3.63) is 33.9 Å². The zero-order valence-corrected chi connectivity index (χ0v) is 6.99. The highest BCUT2D eigenvalue weighted by atomic mass is 32.1. The summed E-state index contributed by atoms with van der Waals surface area (Å²) in [5, 5.41) is 19.1. The molecular weight excluding hydrogens is 178 g/mol. The van der Waals surface area contributed by atoms with Gasteiger partial charge in [-0.1, -0.05) is 12.1 Å². The molecule has 0 fully saturated rings. The number of hydrogen-bond donors (Lipinski definition) is 2. The van der Waals surface area contributed by atoms with Crippen LogP contribution < -0.4 is 0 Å². The Kier molecular flexibility index (Phi) is 2.67. The second-order valence-electron chi connectivity index (χ2n) is 2.20. The first-order valence-corrected chi connectivity index (χ1v) is 3.67. The van der Waals surface area contributed by atoms with Gasteiger partial charge in [-0.15, -0.1) is 12.6 Å². The van der Waals surface area contributed by atoms with E-state index in [9.17, 15) is 10.1 Å². The van der Waals surface area contributed by atoms with Gasteiger partial charge in [-0.2, -0.15) is 0 Å². The van der Waals surface area contributed by atoms with E-state index < -0.39 is 4.92 Å². The van der Waals surface area contributed by atoms with E-state index in [-0.39, 0.29) is 17.2 Å². The van der Waals surface area contributed by atoms with Crippen LogP contribution in [0.3, 0.4) is 0 Å². The number of thiol groups is 1. The average molecular weight is 185 g/mol. The van der Waals surface area contributed by atoms with E-state index in [0.29, 0.717) is 5.56 Å². The topological polar surface area (TPSA) is 63.4 Å². The first kappa shape index (κ1) is 9.02. The van der Waals surface area contributed by atoms with Crippen LogP contribution >= 0.6 is 12.6 Å². The van der Waals surface area contributed by atoms with Crippen molar-refractivity contribution < 1.29 is 10.0 Å². The largest absolute Gasteiger partial charge is 0.392 e. The van der Waals surface area contributed by atoms with Crippen LogP contribution in [0.4, 0.5) is 5.69 Å². The molecule has 0 aromatic heterocycles. The molecule has 4 nitrogen and oxygen atoms in total. The van der Waals surface area contributed by atoms with Crippen molar-refractivity contribution in [3.63, 3.8) is 0 Å². The summed E-state index contributed by atoms with van der Waals surface area (Å²) in [6, 6.07) is 4.46. The summed E-state index contributed by atoms with van der Waals surface area (Å²) in [5.74, 6) is 0. The van der Waals surface area contributed by atoms with Crippen LogP contribution in [-0.2, 0) is 6.61 Å². The molecule has 0 saturated heterocycles. The van der Waals surface area contributed by atoms with Gasteiger partial charge in [-0.25, -0.2) is 0 Å². The second kappa shape index (κ2) is 3.55. The fourth-order valence-corrected chi connectivity index (χ4v) is 1.15. The zero-order chi connectivity index (χ0) is 9.14. The van der Waals surface area contributed by atoms with E-state index in [1.807, 2.05) is 0 Å². The van der Waals surface area contributed by atoms with Gasteiger partial charge >= 0.3 is 0 Å². The Morgan fingerprint density at radius 3 is 2.75 bits per heavy atom. The van der Waals surface area contributed by atoms with Crippen LogP contribution in [-0.4, -0.2) is 10.0 Å². The molecule has 12 heavy (non-hydrogen) atoms. The van der Waals surface area contributed by atoms with Gasteiger partial charge in [0.15, 0.2) is 0 Å². The Balaban J connectivity index is 3.23. The number of rotatable bonds is 2. The number of benzene rings is 1. The van der Waals surface area contributed by atoms with Gasteiger partial charge < -0.3 is 5.11 Å². The number of nitro groups is 1. The Bertz CT molecular complexity index is 314. The van der Waals surface area contributed by atoms with Crippen molar-refractivity contribution in [2.75, 3.05) is 0 Å². The van der Waals surface area contributed by atoms with Crippen LogP contribution in [0.15, 0.2) is 23.1 Å². The zero-order valence-electron chi connectivity index (χ0n) is 6.10. The van der Waals surface area contributed by atoms with Crippen LogP contribution in [0, 0.1) is 10.1 Å². The highest BCUT2D eigenvalue weighted by molar-refractivity contribution is 7.80. The lowest BCUT2D eigenvalue weighted by atomic mass is 10.2. The summed E-state index contributed by atoms with van der Waals surface area (Å²) in [5.41, 5.74) is 0.386. The average Bonchev–Trinajstić information content (AvgIpc) is 2.04. The number of nitrogens with zero attached hydrogens (tertiary/aromatic N) is 1. The summed E-state index contributed by atoms with van der Waals surface area (Å²) < 4.78 is 0. The van der Waals surface area contributed by atoms with Gasteiger partial charge in [-0.05, 0) is 5.56 Å².